The van der Waals surface area contributed by atoms with Crippen LogP contribution in [0.1, 0.15) is 33.6 Å². The third-order valence-electron chi connectivity index (χ3n) is 2.38. The molecule has 1 heterocycles. The summed E-state index contributed by atoms with van der Waals surface area (Å²) in [6.45, 7) is 7.24. The van der Waals surface area contributed by atoms with Crippen molar-refractivity contribution in [1.29, 1.82) is 0 Å². The van der Waals surface area contributed by atoms with Gasteiger partial charge < -0.3 is 14.2 Å². The van der Waals surface area contributed by atoms with Crippen LogP contribution in [-0.4, -0.2) is 31.7 Å². The molecule has 0 amide bonds. The zero-order chi connectivity index (χ0) is 12.0. The smallest absolute Gasteiger partial charge is 0.240 e. The Kier molecular flexibility index (Phi) is 5.32. The van der Waals surface area contributed by atoms with Crippen LogP contribution in [-0.2, 0) is 19.0 Å². The fraction of sp³-hybridized carbons (Fsp3) is 0.750. The van der Waals surface area contributed by atoms with E-state index in [9.17, 15) is 4.79 Å². The molecule has 1 atom stereocenters. The van der Waals surface area contributed by atoms with E-state index in [1.807, 2.05) is 0 Å². The fourth-order valence-electron chi connectivity index (χ4n) is 1.45. The Morgan fingerprint density at radius 2 is 2.06 bits per heavy atom. The molecule has 92 valence electrons. The van der Waals surface area contributed by atoms with E-state index in [-0.39, 0.29) is 5.78 Å². The van der Waals surface area contributed by atoms with Crippen molar-refractivity contribution in [2.45, 2.75) is 39.7 Å². The molecule has 0 saturated heterocycles. The van der Waals surface area contributed by atoms with E-state index in [1.165, 1.54) is 0 Å². The van der Waals surface area contributed by atoms with Gasteiger partial charge in [0.2, 0.25) is 11.5 Å². The second-order valence-electron chi connectivity index (χ2n) is 3.82. The van der Waals surface area contributed by atoms with Crippen molar-refractivity contribution < 1.29 is 19.0 Å². The molecule has 0 fully saturated rings. The van der Waals surface area contributed by atoms with Crippen molar-refractivity contribution >= 4 is 5.78 Å². The Hall–Kier alpha value is -1.03. The summed E-state index contributed by atoms with van der Waals surface area (Å²) >= 11 is 0. The summed E-state index contributed by atoms with van der Waals surface area (Å²) in [5.74, 6) is 0.851. The standard InChI is InChI=1S/C12H20O4/c1-4-5-6-14-7-8-15-12-10(3)16-9(2)11(12)13/h9H,4-8H2,1-3H3. The van der Waals surface area contributed by atoms with Crippen LogP contribution < -0.4 is 0 Å². The monoisotopic (exact) mass is 228 g/mol. The molecule has 0 spiro atoms. The Morgan fingerprint density at radius 3 is 2.62 bits per heavy atom. The van der Waals surface area contributed by atoms with Crippen LogP contribution in [0.15, 0.2) is 11.5 Å². The first-order chi connectivity index (χ1) is 7.66. The average Bonchev–Trinajstić information content (AvgIpc) is 2.49. The Balaban J connectivity index is 2.18. The summed E-state index contributed by atoms with van der Waals surface area (Å²) in [6, 6.07) is 0. The third kappa shape index (κ3) is 3.52. The highest BCUT2D eigenvalue weighted by atomic mass is 16.6. The lowest BCUT2D eigenvalue weighted by Gasteiger charge is -2.06. The zero-order valence-electron chi connectivity index (χ0n) is 10.2. The van der Waals surface area contributed by atoms with Gasteiger partial charge in [0.15, 0.2) is 6.10 Å². The van der Waals surface area contributed by atoms with E-state index in [0.717, 1.165) is 19.4 Å². The summed E-state index contributed by atoms with van der Waals surface area (Å²) in [5.41, 5.74) is 0. The van der Waals surface area contributed by atoms with Crippen LogP contribution in [0.25, 0.3) is 0 Å². The number of hydrogen-bond acceptors (Lipinski definition) is 4. The van der Waals surface area contributed by atoms with Gasteiger partial charge in [-0.15, -0.1) is 0 Å². The molecule has 1 aliphatic heterocycles. The predicted octanol–water partition coefficient (Wildman–Crippen LogP) is 2.04. The van der Waals surface area contributed by atoms with Crippen molar-refractivity contribution in [1.82, 2.24) is 0 Å². The minimum Gasteiger partial charge on any atom is -0.484 e. The second kappa shape index (κ2) is 6.53. The number of allylic oxidation sites excluding steroid dienone is 1. The van der Waals surface area contributed by atoms with E-state index in [4.69, 9.17) is 14.2 Å². The Morgan fingerprint density at radius 1 is 1.31 bits per heavy atom. The normalized spacial score (nSPS) is 20.2. The lowest BCUT2D eigenvalue weighted by atomic mass is 10.2. The average molecular weight is 228 g/mol. The maximum absolute atomic E-state index is 11.5. The molecule has 0 aliphatic carbocycles. The van der Waals surface area contributed by atoms with Gasteiger partial charge in [0.1, 0.15) is 12.4 Å². The number of Topliss-reactive ketones (excluding diaryl/α,β-unsaturated/α-hetero) is 1. The molecule has 1 unspecified atom stereocenters. The number of ketones is 1. The molecule has 4 nitrogen and oxygen atoms in total. The van der Waals surface area contributed by atoms with Crippen molar-refractivity contribution in [3.05, 3.63) is 11.5 Å². The van der Waals surface area contributed by atoms with Crippen LogP contribution in [0.3, 0.4) is 0 Å². The molecule has 0 bridgehead atoms. The number of carbonyl (C=O) groups is 1. The summed E-state index contributed by atoms with van der Waals surface area (Å²) in [7, 11) is 0. The first-order valence-electron chi connectivity index (χ1n) is 5.79. The zero-order valence-corrected chi connectivity index (χ0v) is 10.2. The van der Waals surface area contributed by atoms with Gasteiger partial charge >= 0.3 is 0 Å². The van der Waals surface area contributed by atoms with Gasteiger partial charge in [0.05, 0.1) is 6.61 Å². The third-order valence-corrected chi connectivity index (χ3v) is 2.38. The quantitative estimate of drug-likeness (QED) is 0.625. The molecule has 0 aromatic rings. The molecule has 0 saturated carbocycles. The fourth-order valence-corrected chi connectivity index (χ4v) is 1.45. The first-order valence-corrected chi connectivity index (χ1v) is 5.79. The minimum atomic E-state index is -0.406. The predicted molar refractivity (Wildman–Crippen MR) is 59.9 cm³/mol. The SMILES string of the molecule is CCCCOCCOC1=C(C)OC(C)C1=O. The van der Waals surface area contributed by atoms with Crippen LogP contribution in [0.5, 0.6) is 0 Å². The molecule has 16 heavy (non-hydrogen) atoms. The molecular weight excluding hydrogens is 208 g/mol. The van der Waals surface area contributed by atoms with Gasteiger partial charge in [-0.2, -0.15) is 0 Å². The largest absolute Gasteiger partial charge is 0.484 e. The maximum Gasteiger partial charge on any atom is 0.240 e. The van der Waals surface area contributed by atoms with Crippen molar-refractivity contribution in [3.8, 4) is 0 Å². The molecule has 4 heteroatoms. The summed E-state index contributed by atoms with van der Waals surface area (Å²) in [5, 5.41) is 0. The Labute approximate surface area is 96.6 Å². The van der Waals surface area contributed by atoms with E-state index in [2.05, 4.69) is 6.92 Å². The number of rotatable bonds is 7. The van der Waals surface area contributed by atoms with Gasteiger partial charge in [0.25, 0.3) is 0 Å². The summed E-state index contributed by atoms with van der Waals surface area (Å²) in [6.07, 6.45) is 1.77. The molecule has 1 rings (SSSR count). The van der Waals surface area contributed by atoms with Gasteiger partial charge in [-0.25, -0.2) is 0 Å². The van der Waals surface area contributed by atoms with Crippen molar-refractivity contribution in [2.75, 3.05) is 19.8 Å². The topological polar surface area (TPSA) is 44.8 Å². The van der Waals surface area contributed by atoms with Crippen molar-refractivity contribution in [3.63, 3.8) is 0 Å². The molecule has 0 aromatic carbocycles. The van der Waals surface area contributed by atoms with Gasteiger partial charge in [-0.05, 0) is 20.3 Å². The van der Waals surface area contributed by atoms with Crippen LogP contribution >= 0.6 is 0 Å². The highest BCUT2D eigenvalue weighted by Crippen LogP contribution is 2.21. The van der Waals surface area contributed by atoms with E-state index >= 15 is 0 Å². The highest BCUT2D eigenvalue weighted by molar-refractivity contribution is 5.99. The van der Waals surface area contributed by atoms with Crippen LogP contribution in [0.4, 0.5) is 0 Å². The molecule has 0 radical (unpaired) electrons. The molecular formula is C12H20O4. The van der Waals surface area contributed by atoms with Crippen LogP contribution in [0, 0.1) is 0 Å². The number of ether oxygens (including phenoxy) is 3. The van der Waals surface area contributed by atoms with Gasteiger partial charge in [-0.3, -0.25) is 4.79 Å². The summed E-state index contributed by atoms with van der Waals surface area (Å²) < 4.78 is 15.9. The number of hydrogen-bond donors (Lipinski definition) is 0. The van der Waals surface area contributed by atoms with Crippen LogP contribution in [0.2, 0.25) is 0 Å². The van der Waals surface area contributed by atoms with Crippen molar-refractivity contribution in [2.24, 2.45) is 0 Å². The maximum atomic E-state index is 11.5. The molecule has 0 N–H and O–H groups in total. The molecule has 1 aliphatic rings. The Bertz CT molecular complexity index is 270. The van der Waals surface area contributed by atoms with E-state index in [0.29, 0.717) is 24.7 Å². The lowest BCUT2D eigenvalue weighted by molar-refractivity contribution is -0.123. The van der Waals surface area contributed by atoms with E-state index < -0.39 is 6.10 Å². The molecule has 0 aromatic heterocycles. The first kappa shape index (κ1) is 13.0. The summed E-state index contributed by atoms with van der Waals surface area (Å²) in [4.78, 5) is 11.5. The van der Waals surface area contributed by atoms with Gasteiger partial charge in [-0.1, -0.05) is 13.3 Å². The highest BCUT2D eigenvalue weighted by Gasteiger charge is 2.30. The second-order valence-corrected chi connectivity index (χ2v) is 3.82. The van der Waals surface area contributed by atoms with E-state index in [1.54, 1.807) is 13.8 Å². The minimum absolute atomic E-state index is 0.0777. The van der Waals surface area contributed by atoms with Gasteiger partial charge in [0, 0.05) is 6.61 Å². The lowest BCUT2D eigenvalue weighted by Crippen LogP contribution is -2.16. The number of unbranched alkanes of at least 4 members (excludes halogenated alkanes) is 1. The number of carbonyl (C=O) groups excluding carboxylic acids is 1.